The zero-order valence-corrected chi connectivity index (χ0v) is 17.1. The molecule has 0 saturated carbocycles. The Morgan fingerprint density at radius 3 is 2.44 bits per heavy atom. The van der Waals surface area contributed by atoms with Crippen LogP contribution in [0.15, 0.2) is 83.8 Å². The largest absolute Gasteiger partial charge is 0.502 e. The molecule has 32 heavy (non-hydrogen) atoms. The highest BCUT2D eigenvalue weighted by Crippen LogP contribution is 2.25. The average molecular weight is 429 g/mol. The van der Waals surface area contributed by atoms with Crippen molar-refractivity contribution >= 4 is 16.7 Å². The molecule has 4 aromatic rings. The number of carbonyl (C=O) groups excluding carboxylic acids is 1. The predicted octanol–water partition coefficient (Wildman–Crippen LogP) is 3.60. The van der Waals surface area contributed by atoms with Gasteiger partial charge in [-0.2, -0.15) is 0 Å². The van der Waals surface area contributed by atoms with Crippen LogP contribution in [0.25, 0.3) is 10.8 Å². The van der Waals surface area contributed by atoms with Crippen molar-refractivity contribution in [3.63, 3.8) is 0 Å². The zero-order chi connectivity index (χ0) is 22.2. The van der Waals surface area contributed by atoms with Gasteiger partial charge in [0.2, 0.25) is 5.43 Å². The fraction of sp³-hybridized carbons (Fsp3) is 0.120. The molecule has 1 aromatic heterocycles. The molecule has 5 rings (SSSR count). The third-order valence-electron chi connectivity index (χ3n) is 5.70. The topological polar surface area (TPSA) is 65.8 Å². The molecule has 160 valence electrons. The van der Waals surface area contributed by atoms with Crippen LogP contribution < -0.4 is 10.4 Å². The number of hydrogen-bond donors (Lipinski definition) is 1. The first-order valence-electron chi connectivity index (χ1n) is 10.2. The summed E-state index contributed by atoms with van der Waals surface area (Å²) in [6.07, 6.45) is 1.51. The van der Waals surface area contributed by atoms with Crippen LogP contribution in [0.1, 0.15) is 21.6 Å². The van der Waals surface area contributed by atoms with Gasteiger partial charge in [0.1, 0.15) is 12.5 Å². The molecule has 3 aromatic carbocycles. The minimum absolute atomic E-state index is 0.0777. The van der Waals surface area contributed by atoms with Crippen LogP contribution >= 0.6 is 0 Å². The summed E-state index contributed by atoms with van der Waals surface area (Å²) in [4.78, 5) is 26.8. The maximum Gasteiger partial charge on any atom is 0.278 e. The van der Waals surface area contributed by atoms with E-state index in [0.29, 0.717) is 6.54 Å². The van der Waals surface area contributed by atoms with Gasteiger partial charge < -0.3 is 10.0 Å². The van der Waals surface area contributed by atoms with Crippen molar-refractivity contribution in [2.24, 2.45) is 0 Å². The molecule has 1 amide bonds. The molecule has 0 aliphatic carbocycles. The quantitative estimate of drug-likeness (QED) is 0.538. The van der Waals surface area contributed by atoms with Gasteiger partial charge in [0, 0.05) is 18.8 Å². The third kappa shape index (κ3) is 3.47. The van der Waals surface area contributed by atoms with Crippen LogP contribution in [0.5, 0.6) is 5.75 Å². The van der Waals surface area contributed by atoms with Gasteiger partial charge in [-0.15, -0.1) is 0 Å². The Kier molecular flexibility index (Phi) is 4.86. The van der Waals surface area contributed by atoms with Crippen molar-refractivity contribution in [1.82, 2.24) is 9.58 Å². The molecule has 2 heterocycles. The molecule has 1 aliphatic rings. The van der Waals surface area contributed by atoms with Crippen molar-refractivity contribution in [3.8, 4) is 5.75 Å². The summed E-state index contributed by atoms with van der Waals surface area (Å²) in [5.41, 5.74) is 1.10. The Labute approximate surface area is 183 Å². The number of amides is 1. The summed E-state index contributed by atoms with van der Waals surface area (Å²) in [5, 5.41) is 14.5. The van der Waals surface area contributed by atoms with Crippen LogP contribution in [0.3, 0.4) is 0 Å². The van der Waals surface area contributed by atoms with E-state index in [2.05, 4.69) is 0 Å². The van der Waals surface area contributed by atoms with Gasteiger partial charge in [-0.3, -0.25) is 19.3 Å². The molecule has 0 atom stereocenters. The Bertz CT molecular complexity index is 1380. The molecular formula is C25H20FN3O3. The Hall–Kier alpha value is -4.13. The maximum absolute atomic E-state index is 13.3. The molecule has 0 fully saturated rings. The second kappa shape index (κ2) is 7.85. The number of aromatic hydroxyl groups is 1. The Balaban J connectivity index is 1.56. The van der Waals surface area contributed by atoms with E-state index in [9.17, 15) is 19.1 Å². The maximum atomic E-state index is 13.3. The number of rotatable bonds is 4. The smallest absolute Gasteiger partial charge is 0.278 e. The third-order valence-corrected chi connectivity index (χ3v) is 5.70. The summed E-state index contributed by atoms with van der Waals surface area (Å²) in [5.74, 6) is -1.39. The normalized spacial score (nSPS) is 13.5. The standard InChI is InChI=1S/C25H20FN3O3/c26-20-10-8-17(9-11-20)14-27-16-28(29-13-12-22(30)24(31)23(29)25(27)32)15-19-6-3-5-18-4-1-2-7-21(18)19/h1-13,31H,14-16H2. The minimum atomic E-state index is -0.613. The number of aromatic nitrogens is 1. The summed E-state index contributed by atoms with van der Waals surface area (Å²) in [6, 6.07) is 21.2. The predicted molar refractivity (Wildman–Crippen MR) is 119 cm³/mol. The van der Waals surface area contributed by atoms with E-state index in [1.54, 1.807) is 16.8 Å². The lowest BCUT2D eigenvalue weighted by Gasteiger charge is -2.39. The van der Waals surface area contributed by atoms with Gasteiger partial charge in [-0.1, -0.05) is 54.6 Å². The molecule has 1 aliphatic heterocycles. The van der Waals surface area contributed by atoms with Crippen molar-refractivity contribution < 1.29 is 14.3 Å². The molecule has 1 N–H and O–H groups in total. The van der Waals surface area contributed by atoms with Gasteiger partial charge in [-0.25, -0.2) is 4.39 Å². The monoisotopic (exact) mass is 429 g/mol. The van der Waals surface area contributed by atoms with Crippen LogP contribution in [0.2, 0.25) is 0 Å². The summed E-state index contributed by atoms with van der Waals surface area (Å²) in [7, 11) is 0. The number of fused-ring (bicyclic) bond motifs is 2. The summed E-state index contributed by atoms with van der Waals surface area (Å²) < 4.78 is 14.9. The van der Waals surface area contributed by atoms with E-state index >= 15 is 0 Å². The number of pyridine rings is 1. The van der Waals surface area contributed by atoms with Crippen molar-refractivity contribution in [2.45, 2.75) is 13.1 Å². The van der Waals surface area contributed by atoms with Crippen molar-refractivity contribution in [2.75, 3.05) is 11.7 Å². The highest BCUT2D eigenvalue weighted by atomic mass is 19.1. The van der Waals surface area contributed by atoms with Crippen molar-refractivity contribution in [1.29, 1.82) is 0 Å². The van der Waals surface area contributed by atoms with E-state index < -0.39 is 17.1 Å². The first-order chi connectivity index (χ1) is 15.5. The van der Waals surface area contributed by atoms with E-state index in [-0.39, 0.29) is 24.7 Å². The SMILES string of the molecule is O=C1c2c(O)c(=O)ccn2N(Cc2cccc3ccccc23)CN1Cc1ccc(F)cc1. The van der Waals surface area contributed by atoms with Crippen molar-refractivity contribution in [3.05, 3.63) is 112 Å². The molecule has 0 unspecified atom stereocenters. The zero-order valence-electron chi connectivity index (χ0n) is 17.1. The highest BCUT2D eigenvalue weighted by Gasteiger charge is 2.32. The number of halogens is 1. The van der Waals surface area contributed by atoms with Gasteiger partial charge in [0.15, 0.2) is 11.4 Å². The van der Waals surface area contributed by atoms with E-state index in [1.807, 2.05) is 47.5 Å². The van der Waals surface area contributed by atoms with Crippen LogP contribution in [0.4, 0.5) is 4.39 Å². The first kappa shape index (κ1) is 19.8. The Morgan fingerprint density at radius 2 is 1.62 bits per heavy atom. The molecule has 6 nitrogen and oxygen atoms in total. The summed E-state index contributed by atoms with van der Waals surface area (Å²) in [6.45, 7) is 0.895. The fourth-order valence-corrected chi connectivity index (χ4v) is 4.12. The molecule has 0 bridgehead atoms. The number of hydrogen-bond acceptors (Lipinski definition) is 4. The molecule has 7 heteroatoms. The number of benzene rings is 3. The number of nitrogens with zero attached hydrogens (tertiary/aromatic N) is 3. The second-order valence-electron chi connectivity index (χ2n) is 7.80. The van der Waals surface area contributed by atoms with Gasteiger partial charge in [0.25, 0.3) is 5.91 Å². The number of carbonyl (C=O) groups is 1. The fourth-order valence-electron chi connectivity index (χ4n) is 4.12. The minimum Gasteiger partial charge on any atom is -0.502 e. The molecule has 0 spiro atoms. The lowest BCUT2D eigenvalue weighted by atomic mass is 10.0. The summed E-state index contributed by atoms with van der Waals surface area (Å²) >= 11 is 0. The van der Waals surface area contributed by atoms with Gasteiger partial charge in [0.05, 0.1) is 6.54 Å². The molecular weight excluding hydrogens is 409 g/mol. The van der Waals surface area contributed by atoms with Crippen LogP contribution in [-0.4, -0.2) is 27.3 Å². The van der Waals surface area contributed by atoms with Crippen LogP contribution in [-0.2, 0) is 13.1 Å². The first-order valence-corrected chi connectivity index (χ1v) is 10.2. The lowest BCUT2D eigenvalue weighted by Crippen LogP contribution is -2.53. The highest BCUT2D eigenvalue weighted by molar-refractivity contribution is 5.96. The van der Waals surface area contributed by atoms with E-state index in [4.69, 9.17) is 0 Å². The van der Waals surface area contributed by atoms with E-state index in [0.717, 1.165) is 21.9 Å². The van der Waals surface area contributed by atoms with Gasteiger partial charge in [-0.05, 0) is 34.0 Å². The lowest BCUT2D eigenvalue weighted by molar-refractivity contribution is 0.0671. The molecule has 0 radical (unpaired) electrons. The molecule has 0 saturated heterocycles. The van der Waals surface area contributed by atoms with E-state index in [1.165, 1.54) is 29.3 Å². The second-order valence-corrected chi connectivity index (χ2v) is 7.80. The Morgan fingerprint density at radius 1 is 0.875 bits per heavy atom. The average Bonchev–Trinajstić information content (AvgIpc) is 2.80. The van der Waals surface area contributed by atoms with Gasteiger partial charge >= 0.3 is 0 Å². The van der Waals surface area contributed by atoms with Crippen LogP contribution in [0, 0.1) is 5.82 Å².